The summed E-state index contributed by atoms with van der Waals surface area (Å²) in [4.78, 5) is 8.84. The molecule has 1 heterocycles. The minimum atomic E-state index is 0.660. The third-order valence-electron chi connectivity index (χ3n) is 4.42. The Hall–Kier alpha value is -2.56. The van der Waals surface area contributed by atoms with E-state index in [1.165, 1.54) is 25.7 Å². The molecule has 3 rings (SSSR count). The van der Waals surface area contributed by atoms with Gasteiger partial charge in [0.25, 0.3) is 0 Å². The molecule has 5 nitrogen and oxygen atoms in total. The third-order valence-corrected chi connectivity index (χ3v) is 4.42. The van der Waals surface area contributed by atoms with E-state index in [0.717, 1.165) is 30.1 Å². The van der Waals surface area contributed by atoms with Crippen LogP contribution < -0.4 is 15.4 Å². The fraction of sp³-hybridized carbons (Fsp3) is 0.400. The Labute approximate surface area is 149 Å². The fourth-order valence-corrected chi connectivity index (χ4v) is 3.04. The van der Waals surface area contributed by atoms with E-state index >= 15 is 0 Å². The van der Waals surface area contributed by atoms with Crippen LogP contribution in [0.2, 0.25) is 0 Å². The summed E-state index contributed by atoms with van der Waals surface area (Å²) in [6.45, 7) is 1.54. The largest absolute Gasteiger partial charge is 0.496 e. The van der Waals surface area contributed by atoms with Crippen LogP contribution in [0.4, 0.5) is 11.8 Å². The minimum Gasteiger partial charge on any atom is -0.496 e. The molecule has 0 saturated carbocycles. The average molecular weight is 338 g/mol. The van der Waals surface area contributed by atoms with Gasteiger partial charge in [-0.2, -0.15) is 4.98 Å². The number of hydrogen-bond acceptors (Lipinski definition) is 5. The van der Waals surface area contributed by atoms with Crippen molar-refractivity contribution in [3.63, 3.8) is 0 Å². The summed E-state index contributed by atoms with van der Waals surface area (Å²) in [6.07, 6.45) is 10.4. The second-order valence-corrected chi connectivity index (χ2v) is 6.22. The molecule has 5 heteroatoms. The van der Waals surface area contributed by atoms with E-state index in [1.54, 1.807) is 18.9 Å². The van der Waals surface area contributed by atoms with Crippen LogP contribution in [-0.2, 0) is 6.54 Å². The maximum absolute atomic E-state index is 5.38. The zero-order valence-corrected chi connectivity index (χ0v) is 14.8. The lowest BCUT2D eigenvalue weighted by atomic mass is 9.97. The molecule has 0 radical (unpaired) electrons. The smallest absolute Gasteiger partial charge is 0.224 e. The molecule has 2 N–H and O–H groups in total. The van der Waals surface area contributed by atoms with E-state index in [4.69, 9.17) is 4.74 Å². The maximum Gasteiger partial charge on any atom is 0.224 e. The van der Waals surface area contributed by atoms with Crippen LogP contribution in [0.1, 0.15) is 37.7 Å². The Balaban J connectivity index is 1.51. The highest BCUT2D eigenvalue weighted by Gasteiger charge is 2.05. The van der Waals surface area contributed by atoms with E-state index < -0.39 is 0 Å². The minimum absolute atomic E-state index is 0.660. The summed E-state index contributed by atoms with van der Waals surface area (Å²) >= 11 is 0. The molecule has 25 heavy (non-hydrogen) atoms. The first-order valence-electron chi connectivity index (χ1n) is 8.96. The van der Waals surface area contributed by atoms with Crippen LogP contribution in [-0.4, -0.2) is 23.6 Å². The summed E-state index contributed by atoms with van der Waals surface area (Å²) in [5, 5.41) is 6.66. The van der Waals surface area contributed by atoms with Crippen molar-refractivity contribution in [2.75, 3.05) is 24.3 Å². The maximum atomic E-state index is 5.38. The lowest BCUT2D eigenvalue weighted by molar-refractivity contribution is 0.410. The van der Waals surface area contributed by atoms with Gasteiger partial charge in [0.15, 0.2) is 0 Å². The number of benzene rings is 1. The van der Waals surface area contributed by atoms with Gasteiger partial charge in [-0.15, -0.1) is 0 Å². The standard InChI is InChI=1S/C20H26N4O/c1-25-18-10-6-5-9-17(18)15-23-19-12-14-22-20(24-19)21-13-11-16-7-3-2-4-8-16/h5-7,9-10,12,14H,2-4,8,11,13,15H2,1H3,(H2,21,22,23,24). The number of aromatic nitrogens is 2. The Morgan fingerprint density at radius 1 is 1.12 bits per heavy atom. The summed E-state index contributed by atoms with van der Waals surface area (Å²) in [5.74, 6) is 2.35. The molecule has 0 amide bonds. The topological polar surface area (TPSA) is 59.1 Å². The van der Waals surface area contributed by atoms with Crippen molar-refractivity contribution < 1.29 is 4.74 Å². The second-order valence-electron chi connectivity index (χ2n) is 6.22. The van der Waals surface area contributed by atoms with Gasteiger partial charge in [0.1, 0.15) is 11.6 Å². The Kier molecular flexibility index (Phi) is 6.26. The predicted octanol–water partition coefficient (Wildman–Crippen LogP) is 4.40. The normalized spacial score (nSPS) is 13.9. The van der Waals surface area contributed by atoms with Gasteiger partial charge in [-0.3, -0.25) is 0 Å². The Morgan fingerprint density at radius 3 is 2.88 bits per heavy atom. The van der Waals surface area contributed by atoms with Crippen molar-refractivity contribution in [2.24, 2.45) is 0 Å². The van der Waals surface area contributed by atoms with Crippen molar-refractivity contribution >= 4 is 11.8 Å². The van der Waals surface area contributed by atoms with Gasteiger partial charge >= 0.3 is 0 Å². The number of nitrogens with zero attached hydrogens (tertiary/aromatic N) is 2. The van der Waals surface area contributed by atoms with Gasteiger partial charge in [0.05, 0.1) is 7.11 Å². The van der Waals surface area contributed by atoms with Crippen LogP contribution >= 0.6 is 0 Å². The first-order chi connectivity index (χ1) is 12.3. The second kappa shape index (κ2) is 9.06. The molecule has 0 bridgehead atoms. The number of rotatable bonds is 8. The lowest BCUT2D eigenvalue weighted by Crippen LogP contribution is -2.09. The van der Waals surface area contributed by atoms with Gasteiger partial charge in [0.2, 0.25) is 5.95 Å². The molecule has 0 atom stereocenters. The number of anilines is 2. The van der Waals surface area contributed by atoms with Crippen molar-refractivity contribution in [1.29, 1.82) is 0 Å². The molecule has 1 aromatic carbocycles. The molecular weight excluding hydrogens is 312 g/mol. The molecule has 0 saturated heterocycles. The Morgan fingerprint density at radius 2 is 2.04 bits per heavy atom. The summed E-state index contributed by atoms with van der Waals surface area (Å²) in [7, 11) is 1.69. The van der Waals surface area contributed by atoms with Crippen LogP contribution in [0, 0.1) is 0 Å². The van der Waals surface area contributed by atoms with Crippen molar-refractivity contribution in [2.45, 2.75) is 38.6 Å². The zero-order chi connectivity index (χ0) is 17.3. The van der Waals surface area contributed by atoms with Gasteiger partial charge < -0.3 is 15.4 Å². The first-order valence-corrected chi connectivity index (χ1v) is 8.96. The SMILES string of the molecule is COc1ccccc1CNc1ccnc(NCCC2=CCCCC2)n1. The Bertz CT molecular complexity index is 714. The molecular formula is C20H26N4O. The van der Waals surface area contributed by atoms with Gasteiger partial charge in [-0.25, -0.2) is 4.98 Å². The number of nitrogens with one attached hydrogen (secondary N) is 2. The number of para-hydroxylation sites is 1. The number of ether oxygens (including phenoxy) is 1. The van der Waals surface area contributed by atoms with Crippen molar-refractivity contribution in [3.8, 4) is 5.75 Å². The predicted molar refractivity (Wildman–Crippen MR) is 102 cm³/mol. The van der Waals surface area contributed by atoms with Gasteiger partial charge in [-0.05, 0) is 44.2 Å². The van der Waals surface area contributed by atoms with Crippen LogP contribution in [0.15, 0.2) is 48.2 Å². The third kappa shape index (κ3) is 5.21. The molecule has 1 aromatic heterocycles. The van der Waals surface area contributed by atoms with Gasteiger partial charge in [-0.1, -0.05) is 29.8 Å². The molecule has 1 aliphatic carbocycles. The van der Waals surface area contributed by atoms with Crippen LogP contribution in [0.25, 0.3) is 0 Å². The highest BCUT2D eigenvalue weighted by Crippen LogP contribution is 2.20. The monoisotopic (exact) mass is 338 g/mol. The molecule has 0 fully saturated rings. The molecule has 2 aromatic rings. The van der Waals surface area contributed by atoms with E-state index in [1.807, 2.05) is 30.3 Å². The molecule has 0 spiro atoms. The van der Waals surface area contributed by atoms with E-state index in [9.17, 15) is 0 Å². The number of allylic oxidation sites excluding steroid dienone is 1. The quantitative estimate of drug-likeness (QED) is 0.699. The highest BCUT2D eigenvalue weighted by atomic mass is 16.5. The highest BCUT2D eigenvalue weighted by molar-refractivity contribution is 5.42. The molecule has 132 valence electrons. The first kappa shape index (κ1) is 17.3. The zero-order valence-electron chi connectivity index (χ0n) is 14.8. The summed E-state index contributed by atoms with van der Waals surface area (Å²) in [6, 6.07) is 9.86. The molecule has 1 aliphatic rings. The van der Waals surface area contributed by atoms with Crippen LogP contribution in [0.3, 0.4) is 0 Å². The lowest BCUT2D eigenvalue weighted by Gasteiger charge is -2.13. The van der Waals surface area contributed by atoms with Crippen LogP contribution in [0.5, 0.6) is 5.75 Å². The van der Waals surface area contributed by atoms with E-state index in [-0.39, 0.29) is 0 Å². The molecule has 0 unspecified atom stereocenters. The summed E-state index contributed by atoms with van der Waals surface area (Å²) < 4.78 is 5.38. The van der Waals surface area contributed by atoms with Crippen molar-refractivity contribution in [3.05, 3.63) is 53.7 Å². The van der Waals surface area contributed by atoms with E-state index in [0.29, 0.717) is 12.5 Å². The van der Waals surface area contributed by atoms with Gasteiger partial charge in [0, 0.05) is 24.8 Å². The van der Waals surface area contributed by atoms with E-state index in [2.05, 4.69) is 26.7 Å². The fourth-order valence-electron chi connectivity index (χ4n) is 3.04. The molecule has 0 aliphatic heterocycles. The summed E-state index contributed by atoms with van der Waals surface area (Å²) in [5.41, 5.74) is 2.66. The number of hydrogen-bond donors (Lipinski definition) is 2. The number of methoxy groups -OCH3 is 1. The van der Waals surface area contributed by atoms with Crippen molar-refractivity contribution in [1.82, 2.24) is 9.97 Å². The average Bonchev–Trinajstić information content (AvgIpc) is 2.68.